The van der Waals surface area contributed by atoms with Crippen LogP contribution in [-0.4, -0.2) is 33.2 Å². The quantitative estimate of drug-likeness (QED) is 0.379. The van der Waals surface area contributed by atoms with Crippen molar-refractivity contribution >= 4 is 11.4 Å². The SMILES string of the molecule is CCCCOc1ccc(-c2cc3c(=O)n(CC(=O)NCCc4ccccc4)ccn3n2)cc1. The van der Waals surface area contributed by atoms with Crippen molar-refractivity contribution in [2.45, 2.75) is 32.7 Å². The summed E-state index contributed by atoms with van der Waals surface area (Å²) in [4.78, 5) is 25.2. The van der Waals surface area contributed by atoms with Gasteiger partial charge in [-0.3, -0.25) is 9.59 Å². The Balaban J connectivity index is 1.41. The standard InChI is InChI=1S/C26H28N4O3/c1-2-3-17-33-22-11-9-21(10-12-22)23-18-24-26(32)29(15-16-30(24)28-23)19-25(31)27-14-13-20-7-5-4-6-8-20/h4-12,15-16,18H,2-3,13-14,17,19H2,1H3,(H,27,31). The Morgan fingerprint density at radius 3 is 2.61 bits per heavy atom. The van der Waals surface area contributed by atoms with Crippen LogP contribution in [-0.2, 0) is 17.8 Å². The maximum atomic E-state index is 12.9. The molecule has 7 nitrogen and oxygen atoms in total. The molecular formula is C26H28N4O3. The van der Waals surface area contributed by atoms with E-state index in [2.05, 4.69) is 17.3 Å². The Morgan fingerprint density at radius 2 is 1.85 bits per heavy atom. The van der Waals surface area contributed by atoms with Crippen LogP contribution in [0.5, 0.6) is 5.75 Å². The number of carbonyl (C=O) groups is 1. The van der Waals surface area contributed by atoms with Gasteiger partial charge >= 0.3 is 0 Å². The monoisotopic (exact) mass is 444 g/mol. The summed E-state index contributed by atoms with van der Waals surface area (Å²) in [6.45, 7) is 3.31. The zero-order chi connectivity index (χ0) is 23.0. The van der Waals surface area contributed by atoms with Gasteiger partial charge in [0.05, 0.1) is 12.3 Å². The Hall–Kier alpha value is -3.87. The molecule has 0 spiro atoms. The van der Waals surface area contributed by atoms with Gasteiger partial charge in [0.1, 0.15) is 17.8 Å². The second kappa shape index (κ2) is 10.6. The number of nitrogens with one attached hydrogen (secondary N) is 1. The number of benzene rings is 2. The number of unbranched alkanes of at least 4 members (excludes halogenated alkanes) is 1. The minimum atomic E-state index is -0.256. The van der Waals surface area contributed by atoms with E-state index < -0.39 is 0 Å². The van der Waals surface area contributed by atoms with Crippen LogP contribution in [0.3, 0.4) is 0 Å². The Kier molecular flexibility index (Phi) is 7.19. The molecule has 33 heavy (non-hydrogen) atoms. The Bertz CT molecular complexity index is 1260. The summed E-state index contributed by atoms with van der Waals surface area (Å²) in [7, 11) is 0. The lowest BCUT2D eigenvalue weighted by atomic mass is 10.1. The highest BCUT2D eigenvalue weighted by Gasteiger charge is 2.11. The molecule has 1 N–H and O–H groups in total. The summed E-state index contributed by atoms with van der Waals surface area (Å²) in [5.74, 6) is 0.618. The fraction of sp³-hybridized carbons (Fsp3) is 0.269. The Morgan fingerprint density at radius 1 is 1.06 bits per heavy atom. The molecule has 0 aliphatic rings. The topological polar surface area (TPSA) is 77.6 Å². The molecule has 170 valence electrons. The summed E-state index contributed by atoms with van der Waals surface area (Å²) in [6, 6.07) is 19.4. The van der Waals surface area contributed by atoms with Crippen LogP contribution in [0.1, 0.15) is 25.3 Å². The highest BCUT2D eigenvalue weighted by Crippen LogP contribution is 2.22. The van der Waals surface area contributed by atoms with E-state index in [4.69, 9.17) is 4.74 Å². The fourth-order valence-electron chi connectivity index (χ4n) is 3.55. The molecule has 0 saturated carbocycles. The van der Waals surface area contributed by atoms with Crippen LogP contribution in [0.2, 0.25) is 0 Å². The van der Waals surface area contributed by atoms with Crippen molar-refractivity contribution in [3.63, 3.8) is 0 Å². The molecule has 4 rings (SSSR count). The largest absolute Gasteiger partial charge is 0.494 e. The summed E-state index contributed by atoms with van der Waals surface area (Å²) < 4.78 is 8.66. The number of nitrogens with zero attached hydrogens (tertiary/aromatic N) is 3. The number of rotatable bonds is 10. The number of ether oxygens (including phenoxy) is 1. The minimum Gasteiger partial charge on any atom is -0.494 e. The normalized spacial score (nSPS) is 10.9. The van der Waals surface area contributed by atoms with E-state index in [1.807, 2.05) is 54.6 Å². The smallest absolute Gasteiger partial charge is 0.277 e. The predicted molar refractivity (Wildman–Crippen MR) is 128 cm³/mol. The number of carbonyl (C=O) groups excluding carboxylic acids is 1. The van der Waals surface area contributed by atoms with Crippen LogP contribution >= 0.6 is 0 Å². The lowest BCUT2D eigenvalue weighted by Crippen LogP contribution is -2.33. The maximum Gasteiger partial charge on any atom is 0.277 e. The molecule has 0 saturated heterocycles. The molecular weight excluding hydrogens is 416 g/mol. The third-order valence-corrected chi connectivity index (χ3v) is 5.41. The van der Waals surface area contributed by atoms with Gasteiger partial charge in [-0.05, 0) is 48.7 Å². The number of fused-ring (bicyclic) bond motifs is 1. The molecule has 7 heteroatoms. The van der Waals surface area contributed by atoms with Crippen LogP contribution in [0.4, 0.5) is 0 Å². The lowest BCUT2D eigenvalue weighted by Gasteiger charge is -2.07. The molecule has 0 atom stereocenters. The van der Waals surface area contributed by atoms with E-state index in [1.54, 1.807) is 23.0 Å². The number of hydrogen-bond donors (Lipinski definition) is 1. The van der Waals surface area contributed by atoms with Crippen LogP contribution in [0.25, 0.3) is 16.8 Å². The van der Waals surface area contributed by atoms with Gasteiger partial charge in [0.2, 0.25) is 5.91 Å². The van der Waals surface area contributed by atoms with Crippen LogP contribution in [0, 0.1) is 0 Å². The van der Waals surface area contributed by atoms with Gasteiger partial charge in [0, 0.05) is 24.5 Å². The van der Waals surface area contributed by atoms with Crippen molar-refractivity contribution < 1.29 is 9.53 Å². The number of hydrogen-bond acceptors (Lipinski definition) is 4. The van der Waals surface area contributed by atoms with E-state index in [9.17, 15) is 9.59 Å². The van der Waals surface area contributed by atoms with Crippen molar-refractivity contribution in [1.29, 1.82) is 0 Å². The molecule has 1 amide bonds. The van der Waals surface area contributed by atoms with E-state index in [1.165, 1.54) is 4.57 Å². The van der Waals surface area contributed by atoms with Crippen molar-refractivity contribution in [1.82, 2.24) is 19.5 Å². The van der Waals surface area contributed by atoms with Crippen LogP contribution in [0.15, 0.2) is 77.9 Å². The fourth-order valence-corrected chi connectivity index (χ4v) is 3.55. The first-order valence-corrected chi connectivity index (χ1v) is 11.3. The summed E-state index contributed by atoms with van der Waals surface area (Å²) in [6.07, 6.45) is 6.14. The zero-order valence-electron chi connectivity index (χ0n) is 18.7. The average Bonchev–Trinajstić information content (AvgIpc) is 3.27. The van der Waals surface area contributed by atoms with Crippen molar-refractivity contribution in [3.05, 3.63) is 89.0 Å². The number of aromatic nitrogens is 3. The molecule has 4 aromatic rings. The van der Waals surface area contributed by atoms with Gasteiger partial charge < -0.3 is 14.6 Å². The summed E-state index contributed by atoms with van der Waals surface area (Å²) in [5.41, 5.74) is 2.91. The molecule has 0 unspecified atom stereocenters. The molecule has 0 fully saturated rings. The molecule has 0 aliphatic carbocycles. The van der Waals surface area contributed by atoms with Crippen molar-refractivity contribution in [3.8, 4) is 17.0 Å². The van der Waals surface area contributed by atoms with Gasteiger partial charge in [-0.1, -0.05) is 43.7 Å². The second-order valence-corrected chi connectivity index (χ2v) is 7.90. The first kappa shape index (κ1) is 22.3. The molecule has 0 aliphatic heterocycles. The van der Waals surface area contributed by atoms with Crippen molar-refractivity contribution in [2.24, 2.45) is 0 Å². The summed E-state index contributed by atoms with van der Waals surface area (Å²) >= 11 is 0. The van der Waals surface area contributed by atoms with Crippen molar-refractivity contribution in [2.75, 3.05) is 13.2 Å². The molecule has 2 heterocycles. The average molecular weight is 445 g/mol. The number of amides is 1. The molecule has 2 aromatic heterocycles. The Labute approximate surface area is 192 Å². The first-order chi connectivity index (χ1) is 16.1. The van der Waals surface area contributed by atoms with Gasteiger partial charge in [0.25, 0.3) is 5.56 Å². The van der Waals surface area contributed by atoms with Gasteiger partial charge in [-0.15, -0.1) is 0 Å². The minimum absolute atomic E-state index is 0.0333. The highest BCUT2D eigenvalue weighted by atomic mass is 16.5. The highest BCUT2D eigenvalue weighted by molar-refractivity contribution is 5.76. The van der Waals surface area contributed by atoms with E-state index in [-0.39, 0.29) is 18.0 Å². The molecule has 2 aromatic carbocycles. The third kappa shape index (κ3) is 5.68. The second-order valence-electron chi connectivity index (χ2n) is 7.90. The molecule has 0 radical (unpaired) electrons. The zero-order valence-corrected chi connectivity index (χ0v) is 18.7. The summed E-state index contributed by atoms with van der Waals surface area (Å²) in [5, 5.41) is 7.39. The first-order valence-electron chi connectivity index (χ1n) is 11.3. The van der Waals surface area contributed by atoms with Gasteiger partial charge in [-0.25, -0.2) is 4.52 Å². The maximum absolute atomic E-state index is 12.9. The third-order valence-electron chi connectivity index (χ3n) is 5.41. The van der Waals surface area contributed by atoms with E-state index in [0.717, 1.165) is 36.1 Å². The lowest BCUT2D eigenvalue weighted by molar-refractivity contribution is -0.121. The predicted octanol–water partition coefficient (Wildman–Crippen LogP) is 3.70. The van der Waals surface area contributed by atoms with Crippen LogP contribution < -0.4 is 15.6 Å². The van der Waals surface area contributed by atoms with E-state index >= 15 is 0 Å². The van der Waals surface area contributed by atoms with Gasteiger partial charge in [-0.2, -0.15) is 5.10 Å². The molecule has 0 bridgehead atoms. The van der Waals surface area contributed by atoms with Gasteiger partial charge in [0.15, 0.2) is 0 Å². The van der Waals surface area contributed by atoms with E-state index in [0.29, 0.717) is 24.4 Å².